The number of methoxy groups -OCH3 is 1. The third kappa shape index (κ3) is 3.28. The number of aryl methyl sites for hydroxylation is 1. The second kappa shape index (κ2) is 7.48. The highest BCUT2D eigenvalue weighted by Gasteiger charge is 2.28. The zero-order valence-corrected chi connectivity index (χ0v) is 18.7. The lowest BCUT2D eigenvalue weighted by molar-refractivity contribution is 0.148. The minimum absolute atomic E-state index is 0.156. The van der Waals surface area contributed by atoms with Crippen LogP contribution in [0, 0.1) is 6.92 Å². The van der Waals surface area contributed by atoms with E-state index in [2.05, 4.69) is 72.2 Å². The molecular formula is C19H21Br2N5O. The highest BCUT2D eigenvalue weighted by atomic mass is 79.9. The molecule has 0 bridgehead atoms. The van der Waals surface area contributed by atoms with Crippen LogP contribution in [0.2, 0.25) is 0 Å². The SMILES string of the molecule is CCC(COC)n1nnc2c(N3CCc4cc(Br)cc(Br)c43)nc(C)cc21. The van der Waals surface area contributed by atoms with E-state index in [0.29, 0.717) is 6.61 Å². The van der Waals surface area contributed by atoms with Crippen LogP contribution in [0.15, 0.2) is 27.1 Å². The van der Waals surface area contributed by atoms with Gasteiger partial charge in [-0.25, -0.2) is 9.67 Å². The minimum Gasteiger partial charge on any atom is -0.382 e. The van der Waals surface area contributed by atoms with E-state index >= 15 is 0 Å². The summed E-state index contributed by atoms with van der Waals surface area (Å²) in [5.74, 6) is 0.866. The Morgan fingerprint density at radius 3 is 2.81 bits per heavy atom. The van der Waals surface area contributed by atoms with Gasteiger partial charge in [0.05, 0.1) is 23.9 Å². The number of ether oxygens (including phenoxy) is 1. The maximum Gasteiger partial charge on any atom is 0.163 e. The van der Waals surface area contributed by atoms with E-state index in [1.54, 1.807) is 7.11 Å². The second-order valence-electron chi connectivity index (χ2n) is 6.80. The third-order valence-corrected chi connectivity index (χ3v) is 6.05. The number of benzene rings is 1. The second-order valence-corrected chi connectivity index (χ2v) is 8.57. The number of hydrogen-bond donors (Lipinski definition) is 0. The normalized spacial score (nSPS) is 14.8. The van der Waals surface area contributed by atoms with Crippen molar-refractivity contribution in [3.63, 3.8) is 0 Å². The third-order valence-electron chi connectivity index (χ3n) is 4.98. The van der Waals surface area contributed by atoms with Crippen molar-refractivity contribution in [3.05, 3.63) is 38.4 Å². The van der Waals surface area contributed by atoms with Crippen LogP contribution >= 0.6 is 31.9 Å². The molecule has 8 heteroatoms. The Hall–Kier alpha value is -1.51. The molecule has 0 aliphatic carbocycles. The van der Waals surface area contributed by atoms with Crippen LogP contribution in [-0.4, -0.2) is 40.2 Å². The summed E-state index contributed by atoms with van der Waals surface area (Å²) in [7, 11) is 1.72. The van der Waals surface area contributed by atoms with E-state index in [-0.39, 0.29) is 6.04 Å². The van der Waals surface area contributed by atoms with Crippen LogP contribution in [0.25, 0.3) is 11.0 Å². The Labute approximate surface area is 175 Å². The monoisotopic (exact) mass is 493 g/mol. The molecule has 0 saturated heterocycles. The molecule has 0 amide bonds. The van der Waals surface area contributed by atoms with Gasteiger partial charge in [0, 0.05) is 28.3 Å². The van der Waals surface area contributed by atoms with Gasteiger partial charge in [-0.3, -0.25) is 0 Å². The number of pyridine rings is 1. The first-order valence-corrected chi connectivity index (χ1v) is 10.6. The molecule has 0 saturated carbocycles. The Morgan fingerprint density at radius 1 is 1.26 bits per heavy atom. The van der Waals surface area contributed by atoms with Crippen LogP contribution in [0.5, 0.6) is 0 Å². The van der Waals surface area contributed by atoms with Gasteiger partial charge in [-0.2, -0.15) is 0 Å². The number of anilines is 2. The number of halogens is 2. The van der Waals surface area contributed by atoms with E-state index < -0.39 is 0 Å². The Balaban J connectivity index is 1.87. The summed E-state index contributed by atoms with van der Waals surface area (Å²) in [5, 5.41) is 8.96. The molecule has 4 rings (SSSR count). The van der Waals surface area contributed by atoms with Gasteiger partial charge in [-0.1, -0.05) is 28.1 Å². The van der Waals surface area contributed by atoms with Gasteiger partial charge in [-0.05, 0) is 59.5 Å². The van der Waals surface area contributed by atoms with Crippen molar-refractivity contribution in [2.24, 2.45) is 0 Å². The predicted octanol–water partition coefficient (Wildman–Crippen LogP) is 4.95. The van der Waals surface area contributed by atoms with Crippen molar-refractivity contribution in [2.45, 2.75) is 32.7 Å². The molecule has 3 heterocycles. The van der Waals surface area contributed by atoms with Gasteiger partial charge >= 0.3 is 0 Å². The predicted molar refractivity (Wildman–Crippen MR) is 114 cm³/mol. The molecule has 1 aliphatic rings. The van der Waals surface area contributed by atoms with Crippen LogP contribution in [0.4, 0.5) is 11.5 Å². The fourth-order valence-electron chi connectivity index (χ4n) is 3.72. The summed E-state index contributed by atoms with van der Waals surface area (Å²) in [6, 6.07) is 6.47. The van der Waals surface area contributed by atoms with E-state index in [1.807, 2.05) is 11.6 Å². The standard InChI is InChI=1S/C19H21Br2N5O/c1-4-14(10-27-3)26-16-7-11(2)22-19(17(16)23-24-26)25-6-5-12-8-13(20)9-15(21)18(12)25/h7-9,14H,4-6,10H2,1-3H3. The topological polar surface area (TPSA) is 56.1 Å². The molecule has 6 nitrogen and oxygen atoms in total. The zero-order chi connectivity index (χ0) is 19.1. The minimum atomic E-state index is 0.156. The molecule has 1 aromatic carbocycles. The summed E-state index contributed by atoms with van der Waals surface area (Å²) < 4.78 is 9.48. The largest absolute Gasteiger partial charge is 0.382 e. The van der Waals surface area contributed by atoms with Crippen LogP contribution in [-0.2, 0) is 11.2 Å². The lowest BCUT2D eigenvalue weighted by Crippen LogP contribution is -2.17. The molecule has 0 radical (unpaired) electrons. The van der Waals surface area contributed by atoms with Crippen molar-refractivity contribution in [1.82, 2.24) is 20.0 Å². The molecule has 0 fully saturated rings. The van der Waals surface area contributed by atoms with Gasteiger partial charge in [-0.15, -0.1) is 5.10 Å². The lowest BCUT2D eigenvalue weighted by atomic mass is 10.2. The Morgan fingerprint density at radius 2 is 2.07 bits per heavy atom. The fourth-order valence-corrected chi connectivity index (χ4v) is 5.25. The summed E-state index contributed by atoms with van der Waals surface area (Å²) in [6.45, 7) is 5.64. The average Bonchev–Trinajstić information content (AvgIpc) is 3.23. The van der Waals surface area contributed by atoms with Gasteiger partial charge in [0.15, 0.2) is 11.3 Å². The van der Waals surface area contributed by atoms with Crippen molar-refractivity contribution in [1.29, 1.82) is 0 Å². The number of aromatic nitrogens is 4. The summed E-state index contributed by atoms with van der Waals surface area (Å²) in [4.78, 5) is 7.08. The zero-order valence-electron chi connectivity index (χ0n) is 15.5. The van der Waals surface area contributed by atoms with E-state index in [0.717, 1.165) is 56.6 Å². The van der Waals surface area contributed by atoms with Gasteiger partial charge in [0.2, 0.25) is 0 Å². The molecule has 3 aromatic rings. The van der Waals surface area contributed by atoms with Crippen molar-refractivity contribution in [2.75, 3.05) is 25.2 Å². The highest BCUT2D eigenvalue weighted by molar-refractivity contribution is 9.11. The molecule has 27 heavy (non-hydrogen) atoms. The summed E-state index contributed by atoms with van der Waals surface area (Å²) in [6.07, 6.45) is 1.90. The molecule has 1 unspecified atom stereocenters. The number of nitrogens with zero attached hydrogens (tertiary/aromatic N) is 5. The van der Waals surface area contributed by atoms with Gasteiger partial charge < -0.3 is 9.64 Å². The first-order chi connectivity index (χ1) is 13.0. The van der Waals surface area contributed by atoms with E-state index in [4.69, 9.17) is 9.72 Å². The van der Waals surface area contributed by atoms with Crippen molar-refractivity contribution in [3.8, 4) is 0 Å². The fraction of sp³-hybridized carbons (Fsp3) is 0.421. The van der Waals surface area contributed by atoms with Crippen molar-refractivity contribution >= 4 is 54.4 Å². The molecular weight excluding hydrogens is 474 g/mol. The molecule has 1 atom stereocenters. The number of rotatable bonds is 5. The number of hydrogen-bond acceptors (Lipinski definition) is 5. The Kier molecular flexibility index (Phi) is 5.22. The molecule has 142 valence electrons. The van der Waals surface area contributed by atoms with E-state index in [1.165, 1.54) is 5.56 Å². The molecule has 0 spiro atoms. The van der Waals surface area contributed by atoms with E-state index in [9.17, 15) is 0 Å². The maximum absolute atomic E-state index is 5.38. The number of fused-ring (bicyclic) bond motifs is 2. The van der Waals surface area contributed by atoms with Crippen LogP contribution in [0.3, 0.4) is 0 Å². The smallest absolute Gasteiger partial charge is 0.163 e. The first kappa shape index (κ1) is 18.8. The van der Waals surface area contributed by atoms with Crippen molar-refractivity contribution < 1.29 is 4.74 Å². The molecule has 0 N–H and O–H groups in total. The average molecular weight is 495 g/mol. The lowest BCUT2D eigenvalue weighted by Gasteiger charge is -2.21. The van der Waals surface area contributed by atoms with Gasteiger partial charge in [0.25, 0.3) is 0 Å². The highest BCUT2D eigenvalue weighted by Crippen LogP contribution is 2.43. The quantitative estimate of drug-likeness (QED) is 0.502. The summed E-state index contributed by atoms with van der Waals surface area (Å²) in [5.41, 5.74) is 5.25. The van der Waals surface area contributed by atoms with Crippen LogP contribution in [0.1, 0.15) is 30.6 Å². The summed E-state index contributed by atoms with van der Waals surface area (Å²) >= 11 is 7.30. The molecule has 1 aliphatic heterocycles. The molecule has 2 aromatic heterocycles. The Bertz CT molecular complexity index is 1000. The maximum atomic E-state index is 5.38. The van der Waals surface area contributed by atoms with Crippen LogP contribution < -0.4 is 4.90 Å². The first-order valence-electron chi connectivity index (χ1n) is 9.00. The van der Waals surface area contributed by atoms with Gasteiger partial charge in [0.1, 0.15) is 0 Å².